The highest BCUT2D eigenvalue weighted by Gasteiger charge is 2.28. The minimum atomic E-state index is -3.70. The molecule has 21 heavy (non-hydrogen) atoms. The van der Waals surface area contributed by atoms with E-state index in [1.807, 2.05) is 20.9 Å². The molecule has 1 atom stereocenters. The molecule has 2 rings (SSSR count). The van der Waals surface area contributed by atoms with Crippen molar-refractivity contribution in [2.24, 2.45) is 0 Å². The van der Waals surface area contributed by atoms with Gasteiger partial charge in [0.25, 0.3) is 0 Å². The van der Waals surface area contributed by atoms with Crippen molar-refractivity contribution in [1.82, 2.24) is 14.2 Å². The predicted octanol–water partition coefficient (Wildman–Crippen LogP) is 0.750. The van der Waals surface area contributed by atoms with Crippen LogP contribution in [-0.2, 0) is 10.0 Å². The van der Waals surface area contributed by atoms with Crippen LogP contribution in [0.1, 0.15) is 36.8 Å². The van der Waals surface area contributed by atoms with Crippen LogP contribution in [0.2, 0.25) is 0 Å². The quantitative estimate of drug-likeness (QED) is 0.836. The molecule has 1 aliphatic heterocycles. The Bertz CT molecular complexity index is 636. The van der Waals surface area contributed by atoms with Gasteiger partial charge >= 0.3 is 5.97 Å². The summed E-state index contributed by atoms with van der Waals surface area (Å²) in [6.07, 6.45) is 2.14. The van der Waals surface area contributed by atoms with Crippen LogP contribution in [0.25, 0.3) is 0 Å². The van der Waals surface area contributed by atoms with Crippen LogP contribution in [0, 0.1) is 0 Å². The summed E-state index contributed by atoms with van der Waals surface area (Å²) >= 11 is 0. The Morgan fingerprint density at radius 3 is 2.57 bits per heavy atom. The molecule has 8 heteroatoms. The molecule has 1 fully saturated rings. The lowest BCUT2D eigenvalue weighted by Gasteiger charge is -2.12. The Morgan fingerprint density at radius 1 is 1.48 bits per heavy atom. The number of likely N-dealkylation sites (N-methyl/N-ethyl adjacent to an activating group) is 1. The van der Waals surface area contributed by atoms with Gasteiger partial charge in [-0.25, -0.2) is 17.9 Å². The van der Waals surface area contributed by atoms with Crippen molar-refractivity contribution in [1.29, 1.82) is 0 Å². The maximum Gasteiger partial charge on any atom is 0.352 e. The van der Waals surface area contributed by atoms with Crippen LogP contribution in [0.5, 0.6) is 0 Å². The summed E-state index contributed by atoms with van der Waals surface area (Å²) in [5.74, 6) is -1.13. The molecule has 1 aromatic rings. The van der Waals surface area contributed by atoms with Gasteiger partial charge in [-0.3, -0.25) is 0 Å². The summed E-state index contributed by atoms with van der Waals surface area (Å²) in [6, 6.07) is 0.955. The fourth-order valence-electron chi connectivity index (χ4n) is 2.52. The molecule has 0 bridgehead atoms. The van der Waals surface area contributed by atoms with Crippen LogP contribution in [0.3, 0.4) is 0 Å². The highest BCUT2D eigenvalue weighted by atomic mass is 32.2. The zero-order valence-corrected chi connectivity index (χ0v) is 13.2. The fraction of sp³-hybridized carbons (Fsp3) is 0.615. The van der Waals surface area contributed by atoms with Crippen molar-refractivity contribution < 1.29 is 18.3 Å². The number of carboxylic acids is 1. The Hall–Kier alpha value is -1.38. The maximum atomic E-state index is 12.4. The lowest BCUT2D eigenvalue weighted by molar-refractivity contribution is 0.0683. The van der Waals surface area contributed by atoms with Gasteiger partial charge in [0, 0.05) is 24.8 Å². The van der Waals surface area contributed by atoms with E-state index < -0.39 is 16.0 Å². The molecule has 2 heterocycles. The lowest BCUT2D eigenvalue weighted by atomic mass is 10.3. The van der Waals surface area contributed by atoms with Crippen molar-refractivity contribution in [2.45, 2.75) is 37.2 Å². The second-order valence-corrected chi connectivity index (χ2v) is 7.45. The zero-order valence-electron chi connectivity index (χ0n) is 12.4. The first-order valence-electron chi connectivity index (χ1n) is 6.86. The van der Waals surface area contributed by atoms with Gasteiger partial charge in [0.1, 0.15) is 10.6 Å². The molecule has 2 N–H and O–H groups in total. The number of likely N-dealkylation sites (tertiary alicyclic amines) is 1. The van der Waals surface area contributed by atoms with E-state index in [2.05, 4.69) is 9.62 Å². The van der Waals surface area contributed by atoms with Crippen molar-refractivity contribution >= 4 is 16.0 Å². The molecule has 0 spiro atoms. The molecule has 1 unspecified atom stereocenters. The number of carbonyl (C=O) groups is 1. The van der Waals surface area contributed by atoms with E-state index in [4.69, 9.17) is 5.11 Å². The highest BCUT2D eigenvalue weighted by Crippen LogP contribution is 2.20. The number of nitrogens with zero attached hydrogens (tertiary/aromatic N) is 2. The van der Waals surface area contributed by atoms with Gasteiger partial charge in [-0.05, 0) is 39.9 Å². The Balaban J connectivity index is 2.28. The van der Waals surface area contributed by atoms with Gasteiger partial charge in [0.15, 0.2) is 0 Å². The zero-order chi connectivity index (χ0) is 15.8. The van der Waals surface area contributed by atoms with Gasteiger partial charge < -0.3 is 14.6 Å². The van der Waals surface area contributed by atoms with Crippen LogP contribution in [-0.4, -0.2) is 55.1 Å². The van der Waals surface area contributed by atoms with E-state index in [1.165, 1.54) is 16.8 Å². The molecule has 0 radical (unpaired) electrons. The number of nitrogens with one attached hydrogen (secondary N) is 1. The molecular formula is C13H21N3O4S. The molecule has 0 aliphatic carbocycles. The highest BCUT2D eigenvalue weighted by molar-refractivity contribution is 7.89. The van der Waals surface area contributed by atoms with Crippen LogP contribution in [0.15, 0.2) is 17.2 Å². The van der Waals surface area contributed by atoms with Gasteiger partial charge in [0.05, 0.1) is 0 Å². The van der Waals surface area contributed by atoms with Crippen LogP contribution < -0.4 is 4.72 Å². The number of hydrogen-bond donors (Lipinski definition) is 2. The molecule has 7 nitrogen and oxygen atoms in total. The van der Waals surface area contributed by atoms with E-state index in [0.29, 0.717) is 6.54 Å². The second kappa shape index (κ2) is 5.78. The molecule has 0 saturated carbocycles. The Kier molecular flexibility index (Phi) is 4.40. The van der Waals surface area contributed by atoms with Gasteiger partial charge in [-0.2, -0.15) is 0 Å². The predicted molar refractivity (Wildman–Crippen MR) is 78.0 cm³/mol. The Labute approximate surface area is 124 Å². The number of hydrogen-bond acceptors (Lipinski definition) is 4. The maximum absolute atomic E-state index is 12.4. The van der Waals surface area contributed by atoms with Crippen molar-refractivity contribution in [2.75, 3.05) is 20.1 Å². The molecule has 1 saturated heterocycles. The molecule has 0 amide bonds. The summed E-state index contributed by atoms with van der Waals surface area (Å²) < 4.78 is 28.8. The fourth-order valence-corrected chi connectivity index (χ4v) is 3.80. The molecule has 118 valence electrons. The normalized spacial score (nSPS) is 20.3. The first-order valence-corrected chi connectivity index (χ1v) is 8.35. The smallest absolute Gasteiger partial charge is 0.352 e. The largest absolute Gasteiger partial charge is 0.477 e. The number of rotatable bonds is 5. The summed E-state index contributed by atoms with van der Waals surface area (Å²) in [6.45, 7) is 5.13. The standard InChI is InChI=1S/C13H21N3O4S/c1-9(2)16-8-11(6-12(16)13(17)18)21(19,20)14-10-4-5-15(3)7-10/h6,8-10,14H,4-5,7H2,1-3H3,(H,17,18). The third kappa shape index (κ3) is 3.45. The third-order valence-corrected chi connectivity index (χ3v) is 5.11. The van der Waals surface area contributed by atoms with E-state index in [1.54, 1.807) is 0 Å². The summed E-state index contributed by atoms with van der Waals surface area (Å²) in [7, 11) is -1.76. The minimum Gasteiger partial charge on any atom is -0.477 e. The van der Waals surface area contributed by atoms with Gasteiger partial charge in [-0.1, -0.05) is 0 Å². The summed E-state index contributed by atoms with van der Waals surface area (Å²) in [4.78, 5) is 13.3. The summed E-state index contributed by atoms with van der Waals surface area (Å²) in [5.41, 5.74) is -0.0195. The monoisotopic (exact) mass is 315 g/mol. The van der Waals surface area contributed by atoms with Gasteiger partial charge in [-0.15, -0.1) is 0 Å². The average molecular weight is 315 g/mol. The topological polar surface area (TPSA) is 91.6 Å². The SMILES string of the molecule is CC(C)n1cc(S(=O)(=O)NC2CCN(C)C2)cc1C(=O)O. The summed E-state index contributed by atoms with van der Waals surface area (Å²) in [5, 5.41) is 9.17. The number of aromatic nitrogens is 1. The number of aromatic carboxylic acids is 1. The molecule has 1 aromatic heterocycles. The lowest BCUT2D eigenvalue weighted by Crippen LogP contribution is -2.36. The number of carboxylic acid groups (broad SMARTS) is 1. The third-order valence-electron chi connectivity index (χ3n) is 3.62. The van der Waals surface area contributed by atoms with E-state index >= 15 is 0 Å². The molecule has 0 aromatic carbocycles. The van der Waals surface area contributed by atoms with Gasteiger partial charge in [0.2, 0.25) is 10.0 Å². The van der Waals surface area contributed by atoms with Crippen molar-refractivity contribution in [3.8, 4) is 0 Å². The van der Waals surface area contributed by atoms with E-state index in [9.17, 15) is 13.2 Å². The van der Waals surface area contributed by atoms with Crippen LogP contribution in [0.4, 0.5) is 0 Å². The minimum absolute atomic E-state index is 0.00292. The number of sulfonamides is 1. The second-order valence-electron chi connectivity index (χ2n) is 5.74. The Morgan fingerprint density at radius 2 is 2.14 bits per heavy atom. The average Bonchev–Trinajstić information content (AvgIpc) is 2.95. The first kappa shape index (κ1) is 16.0. The molecular weight excluding hydrogens is 294 g/mol. The first-order chi connectivity index (χ1) is 9.70. The van der Waals surface area contributed by atoms with E-state index in [-0.39, 0.29) is 22.7 Å². The van der Waals surface area contributed by atoms with E-state index in [0.717, 1.165) is 13.0 Å². The van der Waals surface area contributed by atoms with Crippen LogP contribution >= 0.6 is 0 Å². The van der Waals surface area contributed by atoms with Crippen molar-refractivity contribution in [3.05, 3.63) is 18.0 Å². The van der Waals surface area contributed by atoms with Crippen molar-refractivity contribution in [3.63, 3.8) is 0 Å². The molecule has 1 aliphatic rings.